The Bertz CT molecular complexity index is 1070. The highest BCUT2D eigenvalue weighted by Gasteiger charge is 2.11. The van der Waals surface area contributed by atoms with Gasteiger partial charge in [0, 0.05) is 23.9 Å². The van der Waals surface area contributed by atoms with Crippen LogP contribution in [0.3, 0.4) is 0 Å². The van der Waals surface area contributed by atoms with Gasteiger partial charge in [0.1, 0.15) is 0 Å². The number of aryl methyl sites for hydroxylation is 2. The summed E-state index contributed by atoms with van der Waals surface area (Å²) in [6.07, 6.45) is 2.99. The lowest BCUT2D eigenvalue weighted by Gasteiger charge is -2.07. The zero-order chi connectivity index (χ0) is 21.5. The molecule has 0 bridgehead atoms. The van der Waals surface area contributed by atoms with Crippen LogP contribution in [0.4, 0.5) is 0 Å². The average Bonchev–Trinajstić information content (AvgIpc) is 3.04. The molecule has 0 saturated carbocycles. The number of nitrogens with zero attached hydrogens (tertiary/aromatic N) is 2. The third kappa shape index (κ3) is 5.23. The molecule has 0 aliphatic rings. The van der Waals surface area contributed by atoms with Crippen LogP contribution in [-0.4, -0.2) is 28.3 Å². The number of para-hydroxylation sites is 1. The van der Waals surface area contributed by atoms with Crippen molar-refractivity contribution in [2.45, 2.75) is 27.3 Å². The molecule has 1 aromatic heterocycles. The second-order valence-corrected chi connectivity index (χ2v) is 6.98. The summed E-state index contributed by atoms with van der Waals surface area (Å²) in [6, 6.07) is 17.6. The van der Waals surface area contributed by atoms with Crippen molar-refractivity contribution < 1.29 is 14.3 Å². The maximum Gasteiger partial charge on any atom is 0.331 e. The third-order valence-corrected chi connectivity index (χ3v) is 4.82. The van der Waals surface area contributed by atoms with Crippen molar-refractivity contribution in [2.75, 3.05) is 6.61 Å². The lowest BCUT2D eigenvalue weighted by atomic mass is 10.1. The van der Waals surface area contributed by atoms with Crippen molar-refractivity contribution in [3.05, 3.63) is 88.8 Å². The molecule has 0 saturated heterocycles. The first-order valence-electron chi connectivity index (χ1n) is 9.73. The Labute approximate surface area is 176 Å². The lowest BCUT2D eigenvalue weighted by molar-refractivity contribution is -0.143. The third-order valence-electron chi connectivity index (χ3n) is 4.82. The molecule has 6 heteroatoms. The van der Waals surface area contributed by atoms with Crippen molar-refractivity contribution in [3.8, 4) is 5.69 Å². The number of rotatable bonds is 7. The molecule has 2 aromatic carbocycles. The Hall–Kier alpha value is -3.67. The molecule has 30 heavy (non-hydrogen) atoms. The second-order valence-electron chi connectivity index (χ2n) is 6.98. The van der Waals surface area contributed by atoms with Crippen LogP contribution in [0.25, 0.3) is 11.8 Å². The van der Waals surface area contributed by atoms with Gasteiger partial charge >= 0.3 is 5.97 Å². The number of esters is 1. The largest absolute Gasteiger partial charge is 0.452 e. The standard InChI is InChI=1S/C24H25N3O3/c1-17-9-7-8-10-20(17)15-25-23(28)16-30-24(29)14-13-22-18(2)26-27(19(22)3)21-11-5-4-6-12-21/h4-14H,15-16H2,1-3H3,(H,25,28)/b14-13+. The summed E-state index contributed by atoms with van der Waals surface area (Å²) in [4.78, 5) is 24.0. The fourth-order valence-electron chi connectivity index (χ4n) is 3.11. The predicted molar refractivity (Wildman–Crippen MR) is 116 cm³/mol. The van der Waals surface area contributed by atoms with Gasteiger partial charge in [-0.3, -0.25) is 4.79 Å². The van der Waals surface area contributed by atoms with E-state index in [-0.39, 0.29) is 12.5 Å². The smallest absolute Gasteiger partial charge is 0.331 e. The Kier molecular flexibility index (Phi) is 6.80. The van der Waals surface area contributed by atoms with Crippen LogP contribution in [0.5, 0.6) is 0 Å². The first-order chi connectivity index (χ1) is 14.5. The van der Waals surface area contributed by atoms with E-state index < -0.39 is 5.97 Å². The van der Waals surface area contributed by atoms with E-state index in [1.165, 1.54) is 6.08 Å². The van der Waals surface area contributed by atoms with Crippen LogP contribution in [0.2, 0.25) is 0 Å². The fraction of sp³-hybridized carbons (Fsp3) is 0.208. The number of hydrogen-bond acceptors (Lipinski definition) is 4. The molecule has 0 atom stereocenters. The number of benzene rings is 2. The van der Waals surface area contributed by atoms with E-state index in [0.29, 0.717) is 6.54 Å². The molecular weight excluding hydrogens is 378 g/mol. The Balaban J connectivity index is 1.54. The van der Waals surface area contributed by atoms with Gasteiger partial charge < -0.3 is 10.1 Å². The molecule has 3 rings (SSSR count). The van der Waals surface area contributed by atoms with Crippen molar-refractivity contribution >= 4 is 18.0 Å². The number of amides is 1. The van der Waals surface area contributed by atoms with Crippen molar-refractivity contribution in [3.63, 3.8) is 0 Å². The topological polar surface area (TPSA) is 73.2 Å². The van der Waals surface area contributed by atoms with E-state index in [4.69, 9.17) is 4.74 Å². The number of hydrogen-bond donors (Lipinski definition) is 1. The molecule has 154 valence electrons. The number of carbonyl (C=O) groups is 2. The summed E-state index contributed by atoms with van der Waals surface area (Å²) in [5.41, 5.74) is 5.64. The summed E-state index contributed by atoms with van der Waals surface area (Å²) in [7, 11) is 0. The molecule has 0 aliphatic heterocycles. The quantitative estimate of drug-likeness (QED) is 0.483. The molecule has 0 aliphatic carbocycles. The zero-order valence-electron chi connectivity index (χ0n) is 17.4. The average molecular weight is 403 g/mol. The number of carbonyl (C=O) groups excluding carboxylic acids is 2. The summed E-state index contributed by atoms with van der Waals surface area (Å²) in [6.45, 7) is 5.88. The van der Waals surface area contributed by atoms with Gasteiger partial charge in [-0.2, -0.15) is 5.10 Å². The summed E-state index contributed by atoms with van der Waals surface area (Å²) in [5, 5.41) is 7.30. The van der Waals surface area contributed by atoms with Gasteiger partial charge in [0.05, 0.1) is 11.4 Å². The lowest BCUT2D eigenvalue weighted by Crippen LogP contribution is -2.28. The molecule has 1 heterocycles. The molecule has 0 unspecified atom stereocenters. The Morgan fingerprint density at radius 3 is 2.47 bits per heavy atom. The highest BCUT2D eigenvalue weighted by molar-refractivity contribution is 5.89. The summed E-state index contributed by atoms with van der Waals surface area (Å²) in [5.74, 6) is -0.920. The van der Waals surface area contributed by atoms with Crippen LogP contribution < -0.4 is 5.32 Å². The molecule has 0 spiro atoms. The van der Waals surface area contributed by atoms with Crippen LogP contribution in [0.15, 0.2) is 60.7 Å². The van der Waals surface area contributed by atoms with E-state index in [1.807, 2.05) is 80.1 Å². The van der Waals surface area contributed by atoms with E-state index in [1.54, 1.807) is 6.08 Å². The second kappa shape index (κ2) is 9.69. The molecule has 1 amide bonds. The minimum atomic E-state index is -0.577. The van der Waals surface area contributed by atoms with E-state index in [0.717, 1.165) is 33.8 Å². The predicted octanol–water partition coefficient (Wildman–Crippen LogP) is 3.67. The molecule has 3 aromatic rings. The molecule has 0 radical (unpaired) electrons. The SMILES string of the molecule is Cc1ccccc1CNC(=O)COC(=O)/C=C/c1c(C)nn(-c2ccccc2)c1C. The van der Waals surface area contributed by atoms with Gasteiger partial charge in [0.2, 0.25) is 0 Å². The fourth-order valence-corrected chi connectivity index (χ4v) is 3.11. The van der Waals surface area contributed by atoms with E-state index in [9.17, 15) is 9.59 Å². The monoisotopic (exact) mass is 403 g/mol. The summed E-state index contributed by atoms with van der Waals surface area (Å²) >= 11 is 0. The van der Waals surface area contributed by atoms with Crippen molar-refractivity contribution in [2.24, 2.45) is 0 Å². The van der Waals surface area contributed by atoms with Crippen LogP contribution in [0, 0.1) is 20.8 Å². The highest BCUT2D eigenvalue weighted by atomic mass is 16.5. The Morgan fingerprint density at radius 2 is 1.73 bits per heavy atom. The Morgan fingerprint density at radius 1 is 1.03 bits per heavy atom. The number of aromatic nitrogens is 2. The highest BCUT2D eigenvalue weighted by Crippen LogP contribution is 2.19. The van der Waals surface area contributed by atoms with Crippen molar-refractivity contribution in [1.82, 2.24) is 15.1 Å². The zero-order valence-corrected chi connectivity index (χ0v) is 17.4. The molecule has 6 nitrogen and oxygen atoms in total. The molecule has 1 N–H and O–H groups in total. The minimum Gasteiger partial charge on any atom is -0.452 e. The molecular formula is C24H25N3O3. The first kappa shape index (κ1) is 21.0. The maximum atomic E-state index is 12.0. The van der Waals surface area contributed by atoms with Crippen molar-refractivity contribution in [1.29, 1.82) is 0 Å². The van der Waals surface area contributed by atoms with Gasteiger partial charge in [0.15, 0.2) is 6.61 Å². The number of nitrogens with one attached hydrogen (secondary N) is 1. The van der Waals surface area contributed by atoms with E-state index in [2.05, 4.69) is 10.4 Å². The van der Waals surface area contributed by atoms with Crippen LogP contribution in [-0.2, 0) is 20.9 Å². The summed E-state index contributed by atoms with van der Waals surface area (Å²) < 4.78 is 6.88. The van der Waals surface area contributed by atoms with Gasteiger partial charge in [-0.1, -0.05) is 42.5 Å². The van der Waals surface area contributed by atoms with E-state index >= 15 is 0 Å². The molecule has 0 fully saturated rings. The van der Waals surface area contributed by atoms with Gasteiger partial charge in [0.25, 0.3) is 5.91 Å². The van der Waals surface area contributed by atoms with Crippen LogP contribution >= 0.6 is 0 Å². The van der Waals surface area contributed by atoms with Gasteiger partial charge in [-0.05, 0) is 50.1 Å². The number of ether oxygens (including phenoxy) is 1. The van der Waals surface area contributed by atoms with Gasteiger partial charge in [-0.15, -0.1) is 0 Å². The maximum absolute atomic E-state index is 12.0. The first-order valence-corrected chi connectivity index (χ1v) is 9.73. The van der Waals surface area contributed by atoms with Gasteiger partial charge in [-0.25, -0.2) is 9.48 Å². The minimum absolute atomic E-state index is 0.323. The normalized spacial score (nSPS) is 10.9. The van der Waals surface area contributed by atoms with Crippen LogP contribution in [0.1, 0.15) is 28.1 Å².